The summed E-state index contributed by atoms with van der Waals surface area (Å²) in [4.78, 5) is 0.554. The number of phenols is 2. The normalized spacial score (nSPS) is 11.0. The molecule has 0 unspecified atom stereocenters. The third kappa shape index (κ3) is 3.40. The Morgan fingerprint density at radius 1 is 0.619 bits per heavy atom. The van der Waals surface area contributed by atoms with Crippen LogP contribution in [0.1, 0.15) is 0 Å². The fraction of sp³-hybridized carbons (Fsp3) is 0. The lowest BCUT2D eigenvalue weighted by Crippen LogP contribution is -1.83. The molecule has 0 aliphatic carbocycles. The molecule has 0 amide bonds. The van der Waals surface area contributed by atoms with Gasteiger partial charge < -0.3 is 10.2 Å². The second-order valence-corrected chi connectivity index (χ2v) is 7.18. The minimum Gasteiger partial charge on any atom is -0.505 e. The van der Waals surface area contributed by atoms with E-state index >= 15 is 0 Å². The predicted molar refractivity (Wildman–Crippen MR) is 90.4 cm³/mol. The van der Waals surface area contributed by atoms with Crippen LogP contribution in [0.4, 0.5) is 0 Å². The highest BCUT2D eigenvalue weighted by molar-refractivity contribution is 7.99. The van der Waals surface area contributed by atoms with E-state index in [0.29, 0.717) is 0 Å². The lowest BCUT2D eigenvalue weighted by atomic mass is 10.3. The molecule has 0 aliphatic heterocycles. The van der Waals surface area contributed by atoms with Crippen LogP contribution >= 0.6 is 81.4 Å². The van der Waals surface area contributed by atoms with Gasteiger partial charge in [-0.05, 0) is 12.1 Å². The molecular weight excluding hydrogens is 421 g/mol. The van der Waals surface area contributed by atoms with Crippen LogP contribution in [0.3, 0.4) is 0 Å². The van der Waals surface area contributed by atoms with Crippen molar-refractivity contribution in [3.63, 3.8) is 0 Å². The molecule has 9 heteroatoms. The van der Waals surface area contributed by atoms with Crippen LogP contribution in [0.2, 0.25) is 30.1 Å². The molecule has 2 aromatic carbocycles. The molecule has 0 fully saturated rings. The molecule has 0 aliphatic rings. The predicted octanol–water partition coefficient (Wildman–Crippen LogP) is 7.17. The Morgan fingerprint density at radius 3 is 1.29 bits per heavy atom. The van der Waals surface area contributed by atoms with E-state index < -0.39 is 0 Å². The van der Waals surface area contributed by atoms with Gasteiger partial charge in [0.15, 0.2) is 0 Å². The van der Waals surface area contributed by atoms with Crippen molar-refractivity contribution in [2.45, 2.75) is 9.79 Å². The van der Waals surface area contributed by atoms with Crippen LogP contribution in [0, 0.1) is 0 Å². The van der Waals surface area contributed by atoms with Gasteiger partial charge in [-0.3, -0.25) is 0 Å². The first kappa shape index (κ1) is 17.5. The van der Waals surface area contributed by atoms with Gasteiger partial charge in [0.25, 0.3) is 0 Å². The molecule has 0 bridgehead atoms. The van der Waals surface area contributed by atoms with Crippen LogP contribution in [-0.4, -0.2) is 10.2 Å². The molecule has 2 aromatic rings. The summed E-state index contributed by atoms with van der Waals surface area (Å²) in [7, 11) is 0. The fourth-order valence-corrected chi connectivity index (χ4v) is 3.83. The van der Waals surface area contributed by atoms with Gasteiger partial charge in [0, 0.05) is 0 Å². The Labute approximate surface area is 154 Å². The third-order valence-electron chi connectivity index (χ3n) is 2.42. The maximum atomic E-state index is 9.98. The molecule has 0 saturated carbocycles. The van der Waals surface area contributed by atoms with Gasteiger partial charge in [0.1, 0.15) is 21.5 Å². The molecule has 112 valence electrons. The van der Waals surface area contributed by atoms with Crippen LogP contribution in [0.25, 0.3) is 0 Å². The Kier molecular flexibility index (Phi) is 5.59. The maximum Gasteiger partial charge on any atom is 0.149 e. The second kappa shape index (κ2) is 6.71. The number of rotatable bonds is 2. The minimum absolute atomic E-state index is 0.0385. The zero-order valence-electron chi connectivity index (χ0n) is 9.73. The number of halogens is 6. The molecule has 0 aromatic heterocycles. The molecule has 2 rings (SSSR count). The number of aromatic hydroxyl groups is 2. The zero-order valence-corrected chi connectivity index (χ0v) is 15.1. The van der Waals surface area contributed by atoms with E-state index in [9.17, 15) is 10.2 Å². The molecule has 0 spiro atoms. The van der Waals surface area contributed by atoms with Gasteiger partial charge >= 0.3 is 0 Å². The van der Waals surface area contributed by atoms with Crippen molar-refractivity contribution >= 4 is 81.4 Å². The average Bonchev–Trinajstić information content (AvgIpc) is 2.45. The van der Waals surface area contributed by atoms with E-state index in [4.69, 9.17) is 69.6 Å². The average molecular weight is 425 g/mol. The molecule has 0 heterocycles. The van der Waals surface area contributed by atoms with E-state index in [-0.39, 0.29) is 51.4 Å². The van der Waals surface area contributed by atoms with E-state index in [0.717, 1.165) is 11.8 Å². The van der Waals surface area contributed by atoms with Crippen LogP contribution in [0.15, 0.2) is 21.9 Å². The molecule has 0 saturated heterocycles. The summed E-state index contributed by atoms with van der Waals surface area (Å²) >= 11 is 36.1. The summed E-state index contributed by atoms with van der Waals surface area (Å²) in [6.07, 6.45) is 0. The Bertz CT molecular complexity index is 673. The topological polar surface area (TPSA) is 40.5 Å². The summed E-state index contributed by atoms with van der Waals surface area (Å²) < 4.78 is 0. The Morgan fingerprint density at radius 2 is 0.952 bits per heavy atom. The smallest absolute Gasteiger partial charge is 0.149 e. The van der Waals surface area contributed by atoms with E-state index in [1.807, 2.05) is 0 Å². The highest BCUT2D eigenvalue weighted by atomic mass is 35.5. The highest BCUT2D eigenvalue weighted by Gasteiger charge is 2.19. The number of hydrogen-bond acceptors (Lipinski definition) is 3. The zero-order chi connectivity index (χ0) is 15.9. The van der Waals surface area contributed by atoms with Crippen molar-refractivity contribution in [1.29, 1.82) is 0 Å². The highest BCUT2D eigenvalue weighted by Crippen LogP contribution is 2.50. The van der Waals surface area contributed by atoms with E-state index in [1.54, 1.807) is 0 Å². The van der Waals surface area contributed by atoms with Crippen LogP contribution in [0.5, 0.6) is 11.5 Å². The van der Waals surface area contributed by atoms with Crippen molar-refractivity contribution in [2.24, 2.45) is 0 Å². The summed E-state index contributed by atoms with van der Waals surface area (Å²) in [5.41, 5.74) is 0. The summed E-state index contributed by atoms with van der Waals surface area (Å²) in [5.74, 6) is -0.532. The van der Waals surface area contributed by atoms with E-state index in [2.05, 4.69) is 0 Å². The lowest BCUT2D eigenvalue weighted by Gasteiger charge is -2.12. The van der Waals surface area contributed by atoms with Gasteiger partial charge in [-0.25, -0.2) is 0 Å². The van der Waals surface area contributed by atoms with E-state index in [1.165, 1.54) is 12.1 Å². The Balaban J connectivity index is 2.54. The van der Waals surface area contributed by atoms with Gasteiger partial charge in [-0.2, -0.15) is 0 Å². The number of hydrogen-bond donors (Lipinski definition) is 2. The molecule has 0 radical (unpaired) electrons. The van der Waals surface area contributed by atoms with Crippen molar-refractivity contribution in [2.75, 3.05) is 0 Å². The standard InChI is InChI=1S/C12H4Cl6O2S/c13-3-1-5(11(19)9(17)7(3)15)21-6-2-4(14)8(16)10(18)12(6)20/h1-2,19-20H. The number of phenolic OH excluding ortho intramolecular Hbond substituents is 2. The molecule has 2 nitrogen and oxygen atoms in total. The number of benzene rings is 2. The second-order valence-electron chi connectivity index (χ2n) is 3.77. The molecular formula is C12H4Cl6O2S. The minimum atomic E-state index is -0.266. The van der Waals surface area contributed by atoms with Crippen LogP contribution in [-0.2, 0) is 0 Å². The first-order chi connectivity index (χ1) is 9.73. The third-order valence-corrected chi connectivity index (χ3v) is 5.99. The van der Waals surface area contributed by atoms with Crippen molar-refractivity contribution in [3.8, 4) is 11.5 Å². The molecule has 21 heavy (non-hydrogen) atoms. The summed E-state index contributed by atoms with van der Waals surface area (Å²) in [6.45, 7) is 0. The van der Waals surface area contributed by atoms with Crippen LogP contribution < -0.4 is 0 Å². The SMILES string of the molecule is Oc1c(Sc2cc(Cl)c(Cl)c(Cl)c2O)cc(Cl)c(Cl)c1Cl. The first-order valence-electron chi connectivity index (χ1n) is 5.14. The van der Waals surface area contributed by atoms with Crippen molar-refractivity contribution < 1.29 is 10.2 Å². The Hall–Kier alpha value is 0.130. The van der Waals surface area contributed by atoms with Crippen molar-refractivity contribution in [1.82, 2.24) is 0 Å². The van der Waals surface area contributed by atoms with Gasteiger partial charge in [-0.15, -0.1) is 0 Å². The monoisotopic (exact) mass is 422 g/mol. The molecule has 2 N–H and O–H groups in total. The van der Waals surface area contributed by atoms with Gasteiger partial charge in [0.2, 0.25) is 0 Å². The first-order valence-corrected chi connectivity index (χ1v) is 8.23. The largest absolute Gasteiger partial charge is 0.505 e. The summed E-state index contributed by atoms with van der Waals surface area (Å²) in [6, 6.07) is 2.82. The van der Waals surface area contributed by atoms with Gasteiger partial charge in [0.05, 0.1) is 29.9 Å². The molecule has 0 atom stereocenters. The summed E-state index contributed by atoms with van der Waals surface area (Å²) in [5, 5.41) is 20.2. The lowest BCUT2D eigenvalue weighted by molar-refractivity contribution is 0.460. The van der Waals surface area contributed by atoms with Gasteiger partial charge in [-0.1, -0.05) is 81.4 Å². The quantitative estimate of drug-likeness (QED) is 0.502. The fourth-order valence-electron chi connectivity index (χ4n) is 1.40. The maximum absolute atomic E-state index is 9.98. The van der Waals surface area contributed by atoms with Crippen molar-refractivity contribution in [3.05, 3.63) is 42.3 Å².